The van der Waals surface area contributed by atoms with Crippen molar-refractivity contribution in [3.05, 3.63) is 29.8 Å². The highest BCUT2D eigenvalue weighted by atomic mass is 32.2. The molecule has 0 aromatic heterocycles. The number of likely N-dealkylation sites (tertiary alicyclic amines) is 1. The summed E-state index contributed by atoms with van der Waals surface area (Å²) in [6, 6.07) is 6.32. The number of nitrogens with one attached hydrogen (secondary N) is 2. The number of alkyl carbamates (subject to hydrolysis) is 1. The Kier molecular flexibility index (Phi) is 4.59. The summed E-state index contributed by atoms with van der Waals surface area (Å²) >= 11 is 0. The number of amides is 2. The zero-order valence-electron chi connectivity index (χ0n) is 13.9. The van der Waals surface area contributed by atoms with E-state index < -0.39 is 21.7 Å². The smallest absolute Gasteiger partial charge is 0.407 e. The van der Waals surface area contributed by atoms with Crippen LogP contribution in [-0.2, 0) is 14.8 Å². The number of carbonyl (C=O) groups is 2. The number of benzene rings is 1. The van der Waals surface area contributed by atoms with Gasteiger partial charge in [0.05, 0.1) is 18.8 Å². The van der Waals surface area contributed by atoms with Gasteiger partial charge in [0.1, 0.15) is 5.60 Å². The maximum absolute atomic E-state index is 12.7. The molecular weight excluding hydrogens is 346 g/mol. The van der Waals surface area contributed by atoms with Gasteiger partial charge in [-0.15, -0.1) is 0 Å². The van der Waals surface area contributed by atoms with Crippen LogP contribution in [0.2, 0.25) is 0 Å². The van der Waals surface area contributed by atoms with E-state index in [9.17, 15) is 18.0 Å². The third-order valence-electron chi connectivity index (χ3n) is 4.48. The second-order valence-electron chi connectivity index (χ2n) is 6.34. The predicted octanol–water partition coefficient (Wildman–Crippen LogP) is 1.16. The molecule has 1 spiro atoms. The lowest BCUT2D eigenvalue weighted by molar-refractivity contribution is -0.00503. The van der Waals surface area contributed by atoms with Crippen molar-refractivity contribution in [1.82, 2.24) is 10.2 Å². The van der Waals surface area contributed by atoms with Crippen LogP contribution in [-0.4, -0.2) is 56.3 Å². The van der Waals surface area contributed by atoms with Crippen molar-refractivity contribution in [3.8, 4) is 0 Å². The standard InChI is InChI=1S/C16H21N3O5S/c1-2-25(22,23)18-13-6-4-12(5-7-13)14(20)19-9-3-8-16(11-19)10-17-15(21)24-16/h4-7,18H,2-3,8-11H2,1H3,(H,17,21)/t16-/m0/s1. The molecule has 136 valence electrons. The maximum atomic E-state index is 12.7. The van der Waals surface area contributed by atoms with Crippen LogP contribution in [0.1, 0.15) is 30.1 Å². The first kappa shape index (κ1) is 17.5. The fourth-order valence-electron chi connectivity index (χ4n) is 3.12. The molecule has 2 N–H and O–H groups in total. The number of rotatable bonds is 4. The molecule has 2 aliphatic heterocycles. The summed E-state index contributed by atoms with van der Waals surface area (Å²) in [5, 5.41) is 2.65. The molecule has 1 aromatic rings. The van der Waals surface area contributed by atoms with Gasteiger partial charge in [0.25, 0.3) is 5.91 Å². The largest absolute Gasteiger partial charge is 0.439 e. The second-order valence-corrected chi connectivity index (χ2v) is 8.35. The van der Waals surface area contributed by atoms with Gasteiger partial charge in [-0.3, -0.25) is 9.52 Å². The molecule has 2 saturated heterocycles. The second kappa shape index (κ2) is 6.55. The van der Waals surface area contributed by atoms with Gasteiger partial charge >= 0.3 is 6.09 Å². The molecule has 25 heavy (non-hydrogen) atoms. The van der Waals surface area contributed by atoms with Gasteiger partial charge in [0, 0.05) is 17.8 Å². The molecule has 8 nitrogen and oxygen atoms in total. The summed E-state index contributed by atoms with van der Waals surface area (Å²) in [5.41, 5.74) is 0.248. The SMILES string of the molecule is CCS(=O)(=O)Nc1ccc(C(=O)N2CCC[C@]3(CNC(=O)O3)C2)cc1. The minimum atomic E-state index is -3.35. The van der Waals surface area contributed by atoms with Gasteiger partial charge in [0.2, 0.25) is 10.0 Å². The van der Waals surface area contributed by atoms with E-state index in [1.807, 2.05) is 0 Å². The fraction of sp³-hybridized carbons (Fsp3) is 0.500. The lowest BCUT2D eigenvalue weighted by Crippen LogP contribution is -2.52. The van der Waals surface area contributed by atoms with Crippen molar-refractivity contribution in [1.29, 1.82) is 0 Å². The van der Waals surface area contributed by atoms with E-state index in [2.05, 4.69) is 10.0 Å². The van der Waals surface area contributed by atoms with Crippen LogP contribution in [0.25, 0.3) is 0 Å². The van der Waals surface area contributed by atoms with Crippen molar-refractivity contribution in [2.24, 2.45) is 0 Å². The summed E-state index contributed by atoms with van der Waals surface area (Å²) in [6.45, 7) is 2.92. The molecule has 0 bridgehead atoms. The number of carbonyl (C=O) groups excluding carboxylic acids is 2. The summed E-state index contributed by atoms with van der Waals surface area (Å²) in [4.78, 5) is 25.7. The molecule has 2 amide bonds. The van der Waals surface area contributed by atoms with E-state index in [0.717, 1.165) is 12.8 Å². The van der Waals surface area contributed by atoms with E-state index >= 15 is 0 Å². The molecule has 1 aromatic carbocycles. The Bertz CT molecular complexity index is 777. The van der Waals surface area contributed by atoms with Gasteiger partial charge < -0.3 is 15.0 Å². The first-order valence-electron chi connectivity index (χ1n) is 8.19. The van der Waals surface area contributed by atoms with Crippen LogP contribution in [0.4, 0.5) is 10.5 Å². The molecule has 2 aliphatic rings. The normalized spacial score (nSPS) is 23.2. The van der Waals surface area contributed by atoms with E-state index in [1.165, 1.54) is 0 Å². The molecule has 0 saturated carbocycles. The van der Waals surface area contributed by atoms with E-state index in [4.69, 9.17) is 4.74 Å². The minimum Gasteiger partial charge on any atom is -0.439 e. The zero-order chi connectivity index (χ0) is 18.1. The first-order valence-corrected chi connectivity index (χ1v) is 9.84. The molecule has 0 unspecified atom stereocenters. The Morgan fingerprint density at radius 3 is 2.68 bits per heavy atom. The third-order valence-corrected chi connectivity index (χ3v) is 5.78. The van der Waals surface area contributed by atoms with Crippen LogP contribution in [0.5, 0.6) is 0 Å². The summed E-state index contributed by atoms with van der Waals surface area (Å²) < 4.78 is 31.0. The topological polar surface area (TPSA) is 105 Å². The molecule has 9 heteroatoms. The Balaban J connectivity index is 1.69. The summed E-state index contributed by atoms with van der Waals surface area (Å²) in [6.07, 6.45) is 1.05. The maximum Gasteiger partial charge on any atom is 0.407 e. The molecule has 2 heterocycles. The molecular formula is C16H21N3O5S. The Morgan fingerprint density at radius 2 is 2.08 bits per heavy atom. The van der Waals surface area contributed by atoms with Crippen LogP contribution in [0.3, 0.4) is 0 Å². The fourth-order valence-corrected chi connectivity index (χ4v) is 3.76. The van der Waals surface area contributed by atoms with Crippen molar-refractivity contribution < 1.29 is 22.7 Å². The number of hydrogen-bond donors (Lipinski definition) is 2. The average Bonchev–Trinajstić information content (AvgIpc) is 2.94. The Hall–Kier alpha value is -2.29. The molecule has 1 atom stereocenters. The quantitative estimate of drug-likeness (QED) is 0.831. The van der Waals surface area contributed by atoms with Gasteiger partial charge in [-0.2, -0.15) is 0 Å². The van der Waals surface area contributed by atoms with Crippen LogP contribution < -0.4 is 10.0 Å². The lowest BCUT2D eigenvalue weighted by atomic mass is 9.92. The monoisotopic (exact) mass is 367 g/mol. The third kappa shape index (κ3) is 3.87. The molecule has 0 aliphatic carbocycles. The highest BCUT2D eigenvalue weighted by molar-refractivity contribution is 7.92. The number of nitrogens with zero attached hydrogens (tertiary/aromatic N) is 1. The van der Waals surface area contributed by atoms with Crippen molar-refractivity contribution in [3.63, 3.8) is 0 Å². The lowest BCUT2D eigenvalue weighted by Gasteiger charge is -2.38. The van der Waals surface area contributed by atoms with Crippen molar-refractivity contribution >= 4 is 27.7 Å². The first-order chi connectivity index (χ1) is 11.8. The Labute approximate surface area is 146 Å². The van der Waals surface area contributed by atoms with Gasteiger partial charge in [-0.25, -0.2) is 13.2 Å². The summed E-state index contributed by atoms with van der Waals surface area (Å²) in [5.74, 6) is -0.178. The minimum absolute atomic E-state index is 0.0176. The number of sulfonamides is 1. The Morgan fingerprint density at radius 1 is 1.36 bits per heavy atom. The summed E-state index contributed by atoms with van der Waals surface area (Å²) in [7, 11) is -3.35. The number of hydrogen-bond acceptors (Lipinski definition) is 5. The van der Waals surface area contributed by atoms with E-state index in [-0.39, 0.29) is 11.7 Å². The van der Waals surface area contributed by atoms with Crippen LogP contribution >= 0.6 is 0 Å². The zero-order valence-corrected chi connectivity index (χ0v) is 14.8. The van der Waals surface area contributed by atoms with Gasteiger partial charge in [-0.05, 0) is 44.0 Å². The number of ether oxygens (including phenoxy) is 1. The van der Waals surface area contributed by atoms with Crippen molar-refractivity contribution in [2.45, 2.75) is 25.4 Å². The molecule has 0 radical (unpaired) electrons. The van der Waals surface area contributed by atoms with Crippen LogP contribution in [0, 0.1) is 0 Å². The number of piperidine rings is 1. The average molecular weight is 367 g/mol. The number of anilines is 1. The predicted molar refractivity (Wildman–Crippen MR) is 91.9 cm³/mol. The van der Waals surface area contributed by atoms with Gasteiger partial charge in [-0.1, -0.05) is 0 Å². The van der Waals surface area contributed by atoms with E-state index in [0.29, 0.717) is 30.9 Å². The van der Waals surface area contributed by atoms with Crippen molar-refractivity contribution in [2.75, 3.05) is 30.1 Å². The van der Waals surface area contributed by atoms with E-state index in [1.54, 1.807) is 36.1 Å². The van der Waals surface area contributed by atoms with Crippen LogP contribution in [0.15, 0.2) is 24.3 Å². The van der Waals surface area contributed by atoms with Gasteiger partial charge in [0.15, 0.2) is 0 Å². The highest BCUT2D eigenvalue weighted by Gasteiger charge is 2.44. The molecule has 2 fully saturated rings. The molecule has 3 rings (SSSR count). The highest BCUT2D eigenvalue weighted by Crippen LogP contribution is 2.29.